The zero-order valence-electron chi connectivity index (χ0n) is 15.4. The number of urea groups is 1. The van der Waals surface area contributed by atoms with E-state index in [4.69, 9.17) is 4.52 Å². The molecule has 0 aliphatic carbocycles. The minimum atomic E-state index is 0. The number of amides is 2. The van der Waals surface area contributed by atoms with Gasteiger partial charge in [-0.25, -0.2) is 4.79 Å². The molecule has 0 aromatic carbocycles. The molecule has 3 aliphatic rings. The minimum Gasteiger partial charge on any atom is -0.339 e. The van der Waals surface area contributed by atoms with Gasteiger partial charge in [-0.15, -0.1) is 12.4 Å². The Bertz CT molecular complexity index is 598. The Morgan fingerprint density at radius 2 is 1.81 bits per heavy atom. The van der Waals surface area contributed by atoms with E-state index in [0.717, 1.165) is 83.2 Å². The maximum absolute atomic E-state index is 12.5. The standard InChI is InChI=1S/C17H28N6O2.ClH/c1-21-11-6-18-12-14(21)15-19-16(25-20-15)13-4-9-23(10-5-13)17(24)22-7-2-3-8-22;/h13-14,18H,2-12H2,1H3;1H. The summed E-state index contributed by atoms with van der Waals surface area (Å²) in [5, 5.41) is 7.61. The third kappa shape index (κ3) is 3.97. The monoisotopic (exact) mass is 384 g/mol. The molecule has 1 N–H and O–H groups in total. The van der Waals surface area contributed by atoms with Gasteiger partial charge in [0.15, 0.2) is 5.82 Å². The molecular weight excluding hydrogens is 356 g/mol. The molecule has 146 valence electrons. The molecule has 3 fully saturated rings. The second kappa shape index (κ2) is 8.54. The molecule has 4 heterocycles. The van der Waals surface area contributed by atoms with E-state index < -0.39 is 0 Å². The smallest absolute Gasteiger partial charge is 0.319 e. The average molecular weight is 385 g/mol. The number of carbonyl (C=O) groups excluding carboxylic acids is 1. The van der Waals surface area contributed by atoms with Crippen molar-refractivity contribution in [1.29, 1.82) is 0 Å². The predicted octanol–water partition coefficient (Wildman–Crippen LogP) is 1.46. The van der Waals surface area contributed by atoms with E-state index in [0.29, 0.717) is 0 Å². The van der Waals surface area contributed by atoms with Crippen molar-refractivity contribution in [2.75, 3.05) is 52.9 Å². The van der Waals surface area contributed by atoms with E-state index in [1.165, 1.54) is 0 Å². The van der Waals surface area contributed by atoms with Crippen molar-refractivity contribution in [1.82, 2.24) is 30.2 Å². The van der Waals surface area contributed by atoms with Crippen LogP contribution in [0.15, 0.2) is 4.52 Å². The number of nitrogens with zero attached hydrogens (tertiary/aromatic N) is 5. The van der Waals surface area contributed by atoms with Gasteiger partial charge >= 0.3 is 6.03 Å². The quantitative estimate of drug-likeness (QED) is 0.831. The third-order valence-electron chi connectivity index (χ3n) is 5.76. The first-order chi connectivity index (χ1) is 12.2. The van der Waals surface area contributed by atoms with E-state index in [9.17, 15) is 4.79 Å². The van der Waals surface area contributed by atoms with Crippen molar-refractivity contribution in [2.24, 2.45) is 0 Å². The van der Waals surface area contributed by atoms with Crippen molar-refractivity contribution in [2.45, 2.75) is 37.6 Å². The first-order valence-electron chi connectivity index (χ1n) is 9.50. The Labute approximate surface area is 160 Å². The van der Waals surface area contributed by atoms with Gasteiger partial charge in [-0.3, -0.25) is 4.90 Å². The van der Waals surface area contributed by atoms with Gasteiger partial charge in [0.1, 0.15) is 0 Å². The summed E-state index contributed by atoms with van der Waals surface area (Å²) in [6.07, 6.45) is 4.08. The number of aromatic nitrogens is 2. The first kappa shape index (κ1) is 19.4. The molecule has 1 aromatic rings. The maximum atomic E-state index is 12.5. The number of piperidine rings is 1. The summed E-state index contributed by atoms with van der Waals surface area (Å²) in [5.41, 5.74) is 0. The lowest BCUT2D eigenvalue weighted by molar-refractivity contribution is 0.144. The number of hydrogen-bond donors (Lipinski definition) is 1. The van der Waals surface area contributed by atoms with Crippen LogP contribution in [0.25, 0.3) is 0 Å². The molecule has 4 rings (SSSR count). The fourth-order valence-corrected chi connectivity index (χ4v) is 4.07. The zero-order chi connectivity index (χ0) is 17.2. The molecule has 1 atom stereocenters. The number of carbonyl (C=O) groups is 1. The molecule has 2 amide bonds. The highest BCUT2D eigenvalue weighted by atomic mass is 35.5. The van der Waals surface area contributed by atoms with Gasteiger partial charge in [-0.1, -0.05) is 5.16 Å². The average Bonchev–Trinajstić information content (AvgIpc) is 3.34. The highest BCUT2D eigenvalue weighted by molar-refractivity contribution is 5.85. The summed E-state index contributed by atoms with van der Waals surface area (Å²) in [4.78, 5) is 23.4. The van der Waals surface area contributed by atoms with Crippen LogP contribution in [0.4, 0.5) is 4.79 Å². The van der Waals surface area contributed by atoms with Crippen LogP contribution >= 0.6 is 12.4 Å². The Hall–Kier alpha value is -1.38. The molecule has 26 heavy (non-hydrogen) atoms. The van der Waals surface area contributed by atoms with E-state index in [2.05, 4.69) is 27.4 Å². The van der Waals surface area contributed by atoms with E-state index in [1.54, 1.807) is 0 Å². The molecule has 0 radical (unpaired) electrons. The van der Waals surface area contributed by atoms with Crippen LogP contribution in [0.5, 0.6) is 0 Å². The lowest BCUT2D eigenvalue weighted by Crippen LogP contribution is -2.45. The topological polar surface area (TPSA) is 77.7 Å². The zero-order valence-corrected chi connectivity index (χ0v) is 16.2. The van der Waals surface area contributed by atoms with Gasteiger partial charge < -0.3 is 19.6 Å². The van der Waals surface area contributed by atoms with Gasteiger partial charge in [0, 0.05) is 51.7 Å². The summed E-state index contributed by atoms with van der Waals surface area (Å²) in [5.74, 6) is 1.79. The van der Waals surface area contributed by atoms with Crippen LogP contribution in [0, 0.1) is 0 Å². The molecule has 0 bridgehead atoms. The third-order valence-corrected chi connectivity index (χ3v) is 5.76. The Balaban J connectivity index is 0.00000196. The Morgan fingerprint density at radius 1 is 1.12 bits per heavy atom. The fraction of sp³-hybridized carbons (Fsp3) is 0.824. The van der Waals surface area contributed by atoms with E-state index in [-0.39, 0.29) is 30.4 Å². The fourth-order valence-electron chi connectivity index (χ4n) is 4.07. The SMILES string of the molecule is CN1CCNCC1c1noc(C2CCN(C(=O)N3CCCC3)CC2)n1.Cl. The van der Waals surface area contributed by atoms with E-state index >= 15 is 0 Å². The Morgan fingerprint density at radius 3 is 2.50 bits per heavy atom. The summed E-state index contributed by atoms with van der Waals surface area (Å²) in [6.45, 7) is 6.24. The van der Waals surface area contributed by atoms with Crippen LogP contribution in [0.3, 0.4) is 0 Å². The molecule has 9 heteroatoms. The summed E-state index contributed by atoms with van der Waals surface area (Å²) < 4.78 is 5.57. The number of likely N-dealkylation sites (N-methyl/N-ethyl adjacent to an activating group) is 1. The number of nitrogens with one attached hydrogen (secondary N) is 1. The molecule has 1 unspecified atom stereocenters. The summed E-state index contributed by atoms with van der Waals surface area (Å²) in [6, 6.07) is 0.389. The molecule has 0 spiro atoms. The second-order valence-electron chi connectivity index (χ2n) is 7.43. The van der Waals surface area contributed by atoms with Gasteiger partial charge in [-0.2, -0.15) is 4.98 Å². The van der Waals surface area contributed by atoms with Crippen LogP contribution in [-0.4, -0.2) is 83.7 Å². The lowest BCUT2D eigenvalue weighted by atomic mass is 9.97. The van der Waals surface area contributed by atoms with E-state index in [1.807, 2.05) is 9.80 Å². The van der Waals surface area contributed by atoms with Gasteiger partial charge in [-0.05, 0) is 32.7 Å². The number of rotatable bonds is 2. The molecule has 1 aromatic heterocycles. The highest BCUT2D eigenvalue weighted by Gasteiger charge is 2.32. The minimum absolute atomic E-state index is 0. The maximum Gasteiger partial charge on any atom is 0.319 e. The van der Waals surface area contributed by atoms with Crippen molar-refractivity contribution >= 4 is 18.4 Å². The number of likely N-dealkylation sites (tertiary alicyclic amines) is 2. The number of piperazine rings is 1. The van der Waals surface area contributed by atoms with Crippen molar-refractivity contribution in [3.63, 3.8) is 0 Å². The molecule has 3 aliphatic heterocycles. The molecule has 0 saturated carbocycles. The largest absolute Gasteiger partial charge is 0.339 e. The van der Waals surface area contributed by atoms with Crippen LogP contribution < -0.4 is 5.32 Å². The van der Waals surface area contributed by atoms with Gasteiger partial charge in [0.2, 0.25) is 5.89 Å². The Kier molecular flexibility index (Phi) is 6.37. The molecule has 3 saturated heterocycles. The predicted molar refractivity (Wildman–Crippen MR) is 99.5 cm³/mol. The second-order valence-corrected chi connectivity index (χ2v) is 7.43. The van der Waals surface area contributed by atoms with Gasteiger partial charge in [0.25, 0.3) is 0 Å². The van der Waals surface area contributed by atoms with Crippen molar-refractivity contribution < 1.29 is 9.32 Å². The van der Waals surface area contributed by atoms with Crippen LogP contribution in [0.2, 0.25) is 0 Å². The summed E-state index contributed by atoms with van der Waals surface area (Å²) in [7, 11) is 2.10. The van der Waals surface area contributed by atoms with Crippen molar-refractivity contribution in [3.05, 3.63) is 11.7 Å². The first-order valence-corrected chi connectivity index (χ1v) is 9.50. The molecular formula is C17H29ClN6O2. The summed E-state index contributed by atoms with van der Waals surface area (Å²) >= 11 is 0. The molecule has 8 nitrogen and oxygen atoms in total. The normalized spacial score (nSPS) is 25.3. The van der Waals surface area contributed by atoms with Gasteiger partial charge in [0.05, 0.1) is 6.04 Å². The van der Waals surface area contributed by atoms with Crippen LogP contribution in [0.1, 0.15) is 49.4 Å². The van der Waals surface area contributed by atoms with Crippen molar-refractivity contribution in [3.8, 4) is 0 Å². The number of halogens is 1. The highest BCUT2D eigenvalue weighted by Crippen LogP contribution is 2.29. The van der Waals surface area contributed by atoms with Crippen LogP contribution in [-0.2, 0) is 0 Å². The number of hydrogen-bond acceptors (Lipinski definition) is 6. The lowest BCUT2D eigenvalue weighted by Gasteiger charge is -2.33.